The summed E-state index contributed by atoms with van der Waals surface area (Å²) in [6.45, 7) is 0. The van der Waals surface area contributed by atoms with E-state index in [0.717, 1.165) is 31.4 Å². The molecule has 0 radical (unpaired) electrons. The first-order valence-electron chi connectivity index (χ1n) is 7.28. The molecule has 0 saturated carbocycles. The number of hydrogen-bond donors (Lipinski definition) is 1. The van der Waals surface area contributed by atoms with Crippen LogP contribution in [-0.2, 0) is 0 Å². The van der Waals surface area contributed by atoms with Crippen molar-refractivity contribution in [2.75, 3.05) is 0 Å². The van der Waals surface area contributed by atoms with E-state index < -0.39 is 11.6 Å². The van der Waals surface area contributed by atoms with Crippen molar-refractivity contribution in [1.29, 1.82) is 5.26 Å². The molecule has 2 heterocycles. The van der Waals surface area contributed by atoms with Crippen molar-refractivity contribution in [3.8, 4) is 6.07 Å². The fourth-order valence-electron chi connectivity index (χ4n) is 3.54. The van der Waals surface area contributed by atoms with E-state index in [1.54, 1.807) is 6.07 Å². The molecular formula is C16H16F2N2O. The summed E-state index contributed by atoms with van der Waals surface area (Å²) in [5.74, 6) is -2.61. The Bertz CT molecular complexity index is 611. The minimum absolute atomic E-state index is 0.0152. The van der Waals surface area contributed by atoms with E-state index in [2.05, 4.69) is 5.32 Å². The lowest BCUT2D eigenvalue weighted by molar-refractivity contribution is 0.0824. The zero-order valence-corrected chi connectivity index (χ0v) is 11.5. The quantitative estimate of drug-likeness (QED) is 0.852. The van der Waals surface area contributed by atoms with Crippen LogP contribution in [0.3, 0.4) is 0 Å². The highest BCUT2D eigenvalue weighted by Crippen LogP contribution is 2.32. The number of nitrogens with zero attached hydrogens (tertiary/aromatic N) is 1. The van der Waals surface area contributed by atoms with Gasteiger partial charge in [0.2, 0.25) is 0 Å². The zero-order chi connectivity index (χ0) is 15.0. The molecule has 0 spiro atoms. The number of carbonyl (C=O) groups excluding carboxylic acids is 1. The van der Waals surface area contributed by atoms with Gasteiger partial charge in [0.15, 0.2) is 17.4 Å². The molecule has 2 saturated heterocycles. The smallest absolute Gasteiger partial charge is 0.167 e. The molecule has 2 atom stereocenters. The maximum Gasteiger partial charge on any atom is 0.167 e. The first-order chi connectivity index (χ1) is 10.1. The van der Waals surface area contributed by atoms with Crippen LogP contribution in [0.2, 0.25) is 0 Å². The predicted octanol–water partition coefficient (Wildman–Crippen LogP) is 2.94. The number of rotatable bonds is 2. The van der Waals surface area contributed by atoms with E-state index in [9.17, 15) is 13.6 Å². The summed E-state index contributed by atoms with van der Waals surface area (Å²) in [5.41, 5.74) is -0.0658. The first-order valence-corrected chi connectivity index (χ1v) is 7.28. The van der Waals surface area contributed by atoms with Gasteiger partial charge in [-0.05, 0) is 37.8 Å². The largest absolute Gasteiger partial charge is 0.311 e. The average Bonchev–Trinajstić information content (AvgIpc) is 2.48. The fraction of sp³-hybridized carbons (Fsp3) is 0.500. The van der Waals surface area contributed by atoms with Crippen molar-refractivity contribution in [2.45, 2.75) is 44.2 Å². The lowest BCUT2D eigenvalue weighted by Crippen LogP contribution is -2.50. The number of piperidine rings is 2. The van der Waals surface area contributed by atoms with E-state index >= 15 is 0 Å². The Morgan fingerprint density at radius 3 is 2.43 bits per heavy atom. The summed E-state index contributed by atoms with van der Waals surface area (Å²) < 4.78 is 26.6. The molecule has 2 unspecified atom stereocenters. The summed E-state index contributed by atoms with van der Waals surface area (Å²) >= 11 is 0. The number of benzene rings is 1. The van der Waals surface area contributed by atoms with E-state index in [1.165, 1.54) is 0 Å². The lowest BCUT2D eigenvalue weighted by Gasteiger charge is -2.39. The van der Waals surface area contributed by atoms with Crippen molar-refractivity contribution < 1.29 is 13.6 Å². The van der Waals surface area contributed by atoms with Crippen molar-refractivity contribution in [3.63, 3.8) is 0 Å². The molecule has 1 aromatic carbocycles. The van der Waals surface area contributed by atoms with Gasteiger partial charge >= 0.3 is 0 Å². The monoisotopic (exact) mass is 290 g/mol. The molecule has 1 N–H and O–H groups in total. The Balaban J connectivity index is 1.88. The number of fused-ring (bicyclic) bond motifs is 2. The van der Waals surface area contributed by atoms with Crippen LogP contribution in [0.1, 0.15) is 48.0 Å². The minimum atomic E-state index is -1.09. The normalized spacial score (nSPS) is 28.0. The third-order valence-electron chi connectivity index (χ3n) is 4.53. The van der Waals surface area contributed by atoms with Gasteiger partial charge in [0.25, 0.3) is 0 Å². The highest BCUT2D eigenvalue weighted by Gasteiger charge is 2.35. The molecule has 1 aromatic rings. The van der Waals surface area contributed by atoms with E-state index in [4.69, 9.17) is 5.26 Å². The van der Waals surface area contributed by atoms with E-state index in [1.807, 2.05) is 0 Å². The lowest BCUT2D eigenvalue weighted by atomic mass is 9.77. The van der Waals surface area contributed by atoms with Crippen LogP contribution >= 0.6 is 0 Å². The molecule has 2 bridgehead atoms. The highest BCUT2D eigenvalue weighted by atomic mass is 19.2. The van der Waals surface area contributed by atoms with Gasteiger partial charge in [-0.2, -0.15) is 5.26 Å². The van der Waals surface area contributed by atoms with Gasteiger partial charge in [-0.15, -0.1) is 0 Å². The number of Topliss-reactive ketones (excluding diaryl/α,β-unsaturated/α-hetero) is 1. The van der Waals surface area contributed by atoms with Crippen LogP contribution < -0.4 is 5.32 Å². The molecule has 2 aliphatic rings. The maximum atomic E-state index is 13.4. The molecule has 2 fully saturated rings. The molecule has 0 aromatic heterocycles. The molecule has 2 aliphatic heterocycles. The number of hydrogen-bond acceptors (Lipinski definition) is 3. The van der Waals surface area contributed by atoms with Crippen molar-refractivity contribution >= 4 is 5.78 Å². The summed E-state index contributed by atoms with van der Waals surface area (Å²) in [5, 5.41) is 12.5. The predicted molar refractivity (Wildman–Crippen MR) is 72.7 cm³/mol. The van der Waals surface area contributed by atoms with E-state index in [0.29, 0.717) is 24.9 Å². The van der Waals surface area contributed by atoms with Crippen LogP contribution in [0, 0.1) is 28.9 Å². The van der Waals surface area contributed by atoms with Crippen LogP contribution in [0.15, 0.2) is 12.1 Å². The SMILES string of the molecule is N#Cc1cc(F)c(F)cc1C(=O)C1CC2CCCC(C1)N2. The Morgan fingerprint density at radius 2 is 1.81 bits per heavy atom. The molecule has 21 heavy (non-hydrogen) atoms. The third-order valence-corrected chi connectivity index (χ3v) is 4.53. The zero-order valence-electron chi connectivity index (χ0n) is 11.5. The van der Waals surface area contributed by atoms with Crippen LogP contribution in [0.5, 0.6) is 0 Å². The second-order valence-corrected chi connectivity index (χ2v) is 5.95. The van der Waals surface area contributed by atoms with Crippen LogP contribution in [0.4, 0.5) is 8.78 Å². The second-order valence-electron chi connectivity index (χ2n) is 5.95. The molecular weight excluding hydrogens is 274 g/mol. The Kier molecular flexibility index (Phi) is 3.73. The second kappa shape index (κ2) is 5.53. The van der Waals surface area contributed by atoms with Gasteiger partial charge in [0.05, 0.1) is 11.6 Å². The van der Waals surface area contributed by atoms with Gasteiger partial charge in [-0.1, -0.05) is 6.42 Å². The van der Waals surface area contributed by atoms with Gasteiger partial charge in [-0.3, -0.25) is 4.79 Å². The fourth-order valence-corrected chi connectivity index (χ4v) is 3.54. The van der Waals surface area contributed by atoms with Crippen molar-refractivity contribution in [1.82, 2.24) is 5.32 Å². The summed E-state index contributed by atoms with van der Waals surface area (Å²) in [7, 11) is 0. The molecule has 0 aliphatic carbocycles. The number of nitriles is 1. The first kappa shape index (κ1) is 14.2. The topological polar surface area (TPSA) is 52.9 Å². The summed E-state index contributed by atoms with van der Waals surface area (Å²) in [6, 6.07) is 4.11. The molecule has 0 amide bonds. The van der Waals surface area contributed by atoms with Crippen LogP contribution in [-0.4, -0.2) is 17.9 Å². The molecule has 110 valence electrons. The van der Waals surface area contributed by atoms with E-state index in [-0.39, 0.29) is 22.8 Å². The third kappa shape index (κ3) is 2.68. The summed E-state index contributed by atoms with van der Waals surface area (Å²) in [6.07, 6.45) is 4.67. The number of nitrogens with one attached hydrogen (secondary N) is 1. The number of ketones is 1. The summed E-state index contributed by atoms with van der Waals surface area (Å²) in [4.78, 5) is 12.6. The number of halogens is 2. The molecule has 3 nitrogen and oxygen atoms in total. The van der Waals surface area contributed by atoms with Crippen molar-refractivity contribution in [2.24, 2.45) is 5.92 Å². The Hall–Kier alpha value is -1.80. The maximum absolute atomic E-state index is 13.4. The van der Waals surface area contributed by atoms with Gasteiger partial charge in [-0.25, -0.2) is 8.78 Å². The molecule has 3 rings (SSSR count). The van der Waals surface area contributed by atoms with Gasteiger partial charge < -0.3 is 5.32 Å². The van der Waals surface area contributed by atoms with Gasteiger partial charge in [0.1, 0.15) is 0 Å². The standard InChI is InChI=1S/C16H16F2N2O/c17-14-6-10(8-19)13(7-15(14)18)16(21)9-4-11-2-1-3-12(5-9)20-11/h6-7,9,11-12,20H,1-5H2. The average molecular weight is 290 g/mol. The Labute approximate surface area is 122 Å². The Morgan fingerprint density at radius 1 is 1.19 bits per heavy atom. The highest BCUT2D eigenvalue weighted by molar-refractivity contribution is 6.00. The van der Waals surface area contributed by atoms with Crippen molar-refractivity contribution in [3.05, 3.63) is 34.9 Å². The number of carbonyl (C=O) groups is 1. The van der Waals surface area contributed by atoms with Gasteiger partial charge in [0, 0.05) is 23.6 Å². The molecule has 5 heteroatoms. The minimum Gasteiger partial charge on any atom is -0.311 e. The van der Waals surface area contributed by atoms with Crippen LogP contribution in [0.25, 0.3) is 0 Å².